The first-order valence-electron chi connectivity index (χ1n) is 7.28. The number of carbonyl (C=O) groups is 2. The Morgan fingerprint density at radius 3 is 2.80 bits per heavy atom. The largest absolute Gasteiger partial charge is 0.323 e. The van der Waals surface area contributed by atoms with Crippen LogP contribution >= 0.6 is 11.6 Å². The summed E-state index contributed by atoms with van der Waals surface area (Å²) in [6, 6.07) is 11.2. The van der Waals surface area contributed by atoms with Crippen molar-refractivity contribution in [2.75, 3.05) is 16.8 Å². The molecule has 126 valence electrons. The maximum Gasteiger partial charge on any atom is 0.288 e. The number of benzene rings is 2. The molecular formula is C17H12ClN3O4. The van der Waals surface area contributed by atoms with Gasteiger partial charge in [-0.1, -0.05) is 29.8 Å². The van der Waals surface area contributed by atoms with Gasteiger partial charge in [0, 0.05) is 12.1 Å². The number of carbonyl (C=O) groups excluding carboxylic acids is 2. The maximum absolute atomic E-state index is 12.5. The molecule has 2 aromatic carbocycles. The third-order valence-electron chi connectivity index (χ3n) is 3.62. The van der Waals surface area contributed by atoms with Crippen LogP contribution in [-0.4, -0.2) is 23.3 Å². The fraction of sp³-hybridized carbons (Fsp3) is 0.0588. The van der Waals surface area contributed by atoms with Gasteiger partial charge in [-0.2, -0.15) is 0 Å². The van der Waals surface area contributed by atoms with Crippen molar-refractivity contribution in [3.05, 3.63) is 69.2 Å². The number of anilines is 2. The Labute approximate surface area is 147 Å². The molecule has 3 rings (SSSR count). The van der Waals surface area contributed by atoms with E-state index in [4.69, 9.17) is 11.6 Å². The van der Waals surface area contributed by atoms with Crippen molar-refractivity contribution < 1.29 is 14.5 Å². The fourth-order valence-electron chi connectivity index (χ4n) is 2.46. The molecule has 0 radical (unpaired) electrons. The smallest absolute Gasteiger partial charge is 0.288 e. The summed E-state index contributed by atoms with van der Waals surface area (Å²) in [7, 11) is 0. The average molecular weight is 358 g/mol. The second-order valence-corrected chi connectivity index (χ2v) is 5.70. The van der Waals surface area contributed by atoms with Gasteiger partial charge in [-0.3, -0.25) is 24.6 Å². The van der Waals surface area contributed by atoms with Crippen molar-refractivity contribution in [2.24, 2.45) is 0 Å². The Hall–Kier alpha value is -3.19. The molecule has 0 atom stereocenters. The predicted octanol–water partition coefficient (Wildman–Crippen LogP) is 3.25. The highest BCUT2D eigenvalue weighted by molar-refractivity contribution is 6.32. The summed E-state index contributed by atoms with van der Waals surface area (Å²) in [5.74, 6) is -0.692. The lowest BCUT2D eigenvalue weighted by Crippen LogP contribution is -2.41. The summed E-state index contributed by atoms with van der Waals surface area (Å²) in [5.41, 5.74) is 1.37. The minimum Gasteiger partial charge on any atom is -0.323 e. The van der Waals surface area contributed by atoms with E-state index in [1.54, 1.807) is 30.3 Å². The fourth-order valence-corrected chi connectivity index (χ4v) is 2.65. The topological polar surface area (TPSA) is 92.5 Å². The highest BCUT2D eigenvalue weighted by Gasteiger charge is 2.25. The molecular weight excluding hydrogens is 346 g/mol. The molecule has 7 nitrogen and oxygen atoms in total. The third kappa shape index (κ3) is 3.51. The summed E-state index contributed by atoms with van der Waals surface area (Å²) in [6.45, 7) is -0.0963. The van der Waals surface area contributed by atoms with Gasteiger partial charge in [-0.25, -0.2) is 0 Å². The van der Waals surface area contributed by atoms with Crippen LogP contribution in [0.5, 0.6) is 0 Å². The van der Waals surface area contributed by atoms with Gasteiger partial charge < -0.3 is 5.32 Å². The number of fused-ring (bicyclic) bond motifs is 1. The molecule has 8 heteroatoms. The Bertz CT molecular complexity index is 911. The van der Waals surface area contributed by atoms with Gasteiger partial charge in [-0.05, 0) is 29.8 Å². The van der Waals surface area contributed by atoms with Crippen LogP contribution in [0.1, 0.15) is 5.56 Å². The van der Waals surface area contributed by atoms with Crippen molar-refractivity contribution in [2.45, 2.75) is 0 Å². The van der Waals surface area contributed by atoms with Gasteiger partial charge >= 0.3 is 0 Å². The van der Waals surface area contributed by atoms with Crippen molar-refractivity contribution in [3.8, 4) is 0 Å². The molecule has 2 amide bonds. The van der Waals surface area contributed by atoms with Gasteiger partial charge in [-0.15, -0.1) is 0 Å². The standard InChI is InChI=1S/C17H12ClN3O4/c18-12-7-5-11(9-15(12)21(24)25)6-8-17(23)20-10-16(22)19-13-3-1-2-4-14(13)20/h1-9H,10H2,(H,19,22)/b8-6+. The molecule has 2 aromatic rings. The molecule has 0 aliphatic carbocycles. The second kappa shape index (κ2) is 6.74. The summed E-state index contributed by atoms with van der Waals surface area (Å²) in [6.07, 6.45) is 2.71. The maximum atomic E-state index is 12.5. The first kappa shape index (κ1) is 16.7. The van der Waals surface area contributed by atoms with E-state index in [0.717, 1.165) is 0 Å². The molecule has 1 N–H and O–H groups in total. The predicted molar refractivity (Wildman–Crippen MR) is 94.6 cm³/mol. The lowest BCUT2D eigenvalue weighted by atomic mass is 10.1. The minimum atomic E-state index is -0.591. The number of rotatable bonds is 3. The van der Waals surface area contributed by atoms with E-state index < -0.39 is 10.8 Å². The Kier molecular flexibility index (Phi) is 4.49. The van der Waals surface area contributed by atoms with Crippen molar-refractivity contribution >= 4 is 46.6 Å². The zero-order chi connectivity index (χ0) is 18.0. The van der Waals surface area contributed by atoms with E-state index in [0.29, 0.717) is 16.9 Å². The highest BCUT2D eigenvalue weighted by Crippen LogP contribution is 2.29. The van der Waals surface area contributed by atoms with E-state index in [-0.39, 0.29) is 23.2 Å². The third-order valence-corrected chi connectivity index (χ3v) is 3.94. The van der Waals surface area contributed by atoms with Gasteiger partial charge in [0.15, 0.2) is 0 Å². The summed E-state index contributed by atoms with van der Waals surface area (Å²) in [4.78, 5) is 35.9. The highest BCUT2D eigenvalue weighted by atomic mass is 35.5. The van der Waals surface area contributed by atoms with E-state index in [1.807, 2.05) is 0 Å². The van der Waals surface area contributed by atoms with Crippen LogP contribution in [0.4, 0.5) is 17.1 Å². The van der Waals surface area contributed by atoms with Crippen molar-refractivity contribution in [1.29, 1.82) is 0 Å². The lowest BCUT2D eigenvalue weighted by Gasteiger charge is -2.28. The number of hydrogen-bond acceptors (Lipinski definition) is 4. The van der Waals surface area contributed by atoms with Crippen LogP contribution in [0.25, 0.3) is 6.08 Å². The Balaban J connectivity index is 1.85. The summed E-state index contributed by atoms with van der Waals surface area (Å²) >= 11 is 5.76. The molecule has 0 bridgehead atoms. The molecule has 0 aromatic heterocycles. The molecule has 0 unspecified atom stereocenters. The lowest BCUT2D eigenvalue weighted by molar-refractivity contribution is -0.384. The Morgan fingerprint density at radius 2 is 2.04 bits per heavy atom. The summed E-state index contributed by atoms with van der Waals surface area (Å²) < 4.78 is 0. The van der Waals surface area contributed by atoms with Crippen molar-refractivity contribution in [3.63, 3.8) is 0 Å². The van der Waals surface area contributed by atoms with Crippen LogP contribution in [0.3, 0.4) is 0 Å². The second-order valence-electron chi connectivity index (χ2n) is 5.29. The molecule has 1 heterocycles. The normalized spacial score (nSPS) is 13.5. The average Bonchev–Trinajstić information content (AvgIpc) is 2.59. The number of hydrogen-bond donors (Lipinski definition) is 1. The number of para-hydroxylation sites is 2. The van der Waals surface area contributed by atoms with E-state index in [2.05, 4.69) is 5.32 Å². The SMILES string of the molecule is O=C1CN(C(=O)/C=C/c2ccc(Cl)c([N+](=O)[O-])c2)c2ccccc2N1. The monoisotopic (exact) mass is 357 g/mol. The minimum absolute atomic E-state index is 0.0232. The van der Waals surface area contributed by atoms with E-state index in [1.165, 1.54) is 29.2 Å². The van der Waals surface area contributed by atoms with Gasteiger partial charge in [0.1, 0.15) is 11.6 Å². The number of halogens is 1. The van der Waals surface area contributed by atoms with Crippen LogP contribution in [0.15, 0.2) is 48.5 Å². The molecule has 0 saturated heterocycles. The number of amides is 2. The molecule has 1 aliphatic rings. The van der Waals surface area contributed by atoms with Crippen LogP contribution in [-0.2, 0) is 9.59 Å². The molecule has 0 saturated carbocycles. The first-order valence-corrected chi connectivity index (χ1v) is 7.66. The zero-order valence-electron chi connectivity index (χ0n) is 12.8. The van der Waals surface area contributed by atoms with Crippen molar-refractivity contribution in [1.82, 2.24) is 0 Å². The van der Waals surface area contributed by atoms with Crippen LogP contribution < -0.4 is 10.2 Å². The zero-order valence-corrected chi connectivity index (χ0v) is 13.6. The summed E-state index contributed by atoms with van der Waals surface area (Å²) in [5, 5.41) is 13.6. The van der Waals surface area contributed by atoms with E-state index >= 15 is 0 Å². The first-order chi connectivity index (χ1) is 12.0. The van der Waals surface area contributed by atoms with E-state index in [9.17, 15) is 19.7 Å². The number of nitro groups is 1. The molecule has 0 fully saturated rings. The van der Waals surface area contributed by atoms with Crippen LogP contribution in [0, 0.1) is 10.1 Å². The quantitative estimate of drug-likeness (QED) is 0.518. The van der Waals surface area contributed by atoms with Gasteiger partial charge in [0.25, 0.3) is 11.6 Å². The number of nitro benzene ring substituents is 1. The van der Waals surface area contributed by atoms with Gasteiger partial charge in [0.2, 0.25) is 5.91 Å². The molecule has 25 heavy (non-hydrogen) atoms. The molecule has 0 spiro atoms. The van der Waals surface area contributed by atoms with Crippen LogP contribution in [0.2, 0.25) is 5.02 Å². The molecule has 1 aliphatic heterocycles. The Morgan fingerprint density at radius 1 is 1.28 bits per heavy atom. The number of nitrogens with one attached hydrogen (secondary N) is 1. The number of nitrogens with zero attached hydrogens (tertiary/aromatic N) is 2. The van der Waals surface area contributed by atoms with Gasteiger partial charge in [0.05, 0.1) is 16.3 Å².